The van der Waals surface area contributed by atoms with Crippen LogP contribution in [0.5, 0.6) is 0 Å². The van der Waals surface area contributed by atoms with E-state index in [0.29, 0.717) is 0 Å². The fourth-order valence-electron chi connectivity index (χ4n) is 2.16. The minimum absolute atomic E-state index is 0.176. The largest absolute Gasteiger partial charge is 0.207 e. The standard InChI is InChI=1S/C19H21FN2/c1-3-5-18-11-10-17(12-19(18)20)14-22-21-13-16-8-6-15(4-2)7-9-16/h6-14H,3-5H2,1-2H3. The van der Waals surface area contributed by atoms with Gasteiger partial charge in [-0.05, 0) is 41.2 Å². The second-order valence-electron chi connectivity index (χ2n) is 5.19. The highest BCUT2D eigenvalue weighted by Crippen LogP contribution is 2.11. The molecule has 0 heterocycles. The molecular weight excluding hydrogens is 275 g/mol. The predicted molar refractivity (Wildman–Crippen MR) is 91.4 cm³/mol. The summed E-state index contributed by atoms with van der Waals surface area (Å²) in [5.41, 5.74) is 3.76. The molecule has 114 valence electrons. The molecule has 2 aromatic carbocycles. The molecule has 0 radical (unpaired) electrons. The van der Waals surface area contributed by atoms with E-state index < -0.39 is 0 Å². The molecule has 0 aromatic heterocycles. The predicted octanol–water partition coefficient (Wildman–Crippen LogP) is 4.79. The van der Waals surface area contributed by atoms with Crippen LogP contribution in [0.3, 0.4) is 0 Å². The Hall–Kier alpha value is -2.29. The number of nitrogens with zero attached hydrogens (tertiary/aromatic N) is 2. The maximum absolute atomic E-state index is 13.8. The Balaban J connectivity index is 1.99. The maximum Gasteiger partial charge on any atom is 0.127 e. The molecule has 0 saturated heterocycles. The molecule has 0 aliphatic heterocycles. The first-order valence-electron chi connectivity index (χ1n) is 7.66. The third kappa shape index (κ3) is 4.62. The smallest absolute Gasteiger partial charge is 0.127 e. The Morgan fingerprint density at radius 3 is 2.14 bits per heavy atom. The van der Waals surface area contributed by atoms with Gasteiger partial charge in [-0.3, -0.25) is 0 Å². The van der Waals surface area contributed by atoms with Crippen LogP contribution in [-0.4, -0.2) is 12.4 Å². The second kappa shape index (κ2) is 8.23. The van der Waals surface area contributed by atoms with Gasteiger partial charge < -0.3 is 0 Å². The van der Waals surface area contributed by atoms with E-state index in [1.807, 2.05) is 31.2 Å². The minimum Gasteiger partial charge on any atom is -0.207 e. The molecule has 0 N–H and O–H groups in total. The van der Waals surface area contributed by atoms with Gasteiger partial charge in [0.2, 0.25) is 0 Å². The lowest BCUT2D eigenvalue weighted by atomic mass is 10.1. The summed E-state index contributed by atoms with van der Waals surface area (Å²) in [4.78, 5) is 0. The van der Waals surface area contributed by atoms with Crippen LogP contribution >= 0.6 is 0 Å². The van der Waals surface area contributed by atoms with Crippen molar-refractivity contribution >= 4 is 12.4 Å². The van der Waals surface area contributed by atoms with E-state index in [0.717, 1.165) is 36.0 Å². The zero-order chi connectivity index (χ0) is 15.8. The second-order valence-corrected chi connectivity index (χ2v) is 5.19. The van der Waals surface area contributed by atoms with Gasteiger partial charge >= 0.3 is 0 Å². The van der Waals surface area contributed by atoms with Gasteiger partial charge in [-0.25, -0.2) is 4.39 Å². The van der Waals surface area contributed by atoms with E-state index in [1.165, 1.54) is 11.6 Å². The molecule has 22 heavy (non-hydrogen) atoms. The SMILES string of the molecule is CCCc1ccc(C=NN=Cc2ccc(CC)cc2)cc1F. The Bertz CT molecular complexity index is 658. The van der Waals surface area contributed by atoms with Crippen molar-refractivity contribution in [3.63, 3.8) is 0 Å². The molecule has 0 spiro atoms. The summed E-state index contributed by atoms with van der Waals surface area (Å²) >= 11 is 0. The average molecular weight is 296 g/mol. The lowest BCUT2D eigenvalue weighted by Crippen LogP contribution is -1.92. The van der Waals surface area contributed by atoms with Crippen molar-refractivity contribution in [2.24, 2.45) is 10.2 Å². The third-order valence-electron chi connectivity index (χ3n) is 3.46. The minimum atomic E-state index is -0.176. The topological polar surface area (TPSA) is 24.7 Å². The molecule has 0 bridgehead atoms. The fraction of sp³-hybridized carbons (Fsp3) is 0.263. The zero-order valence-electron chi connectivity index (χ0n) is 13.1. The zero-order valence-corrected chi connectivity index (χ0v) is 13.1. The molecule has 0 atom stereocenters. The van der Waals surface area contributed by atoms with Gasteiger partial charge in [-0.2, -0.15) is 10.2 Å². The van der Waals surface area contributed by atoms with E-state index >= 15 is 0 Å². The normalized spacial score (nSPS) is 11.6. The van der Waals surface area contributed by atoms with E-state index in [9.17, 15) is 4.39 Å². The monoisotopic (exact) mass is 296 g/mol. The van der Waals surface area contributed by atoms with E-state index in [2.05, 4.69) is 29.3 Å². The molecule has 2 rings (SSSR count). The van der Waals surface area contributed by atoms with Crippen molar-refractivity contribution in [2.45, 2.75) is 33.1 Å². The summed E-state index contributed by atoms with van der Waals surface area (Å²) in [5, 5.41) is 7.98. The van der Waals surface area contributed by atoms with Crippen LogP contribution in [0.4, 0.5) is 4.39 Å². The molecule has 0 aliphatic rings. The van der Waals surface area contributed by atoms with Gasteiger partial charge in [0.15, 0.2) is 0 Å². The summed E-state index contributed by atoms with van der Waals surface area (Å²) in [6, 6.07) is 13.4. The average Bonchev–Trinajstić information content (AvgIpc) is 2.55. The molecule has 0 fully saturated rings. The van der Waals surface area contributed by atoms with Gasteiger partial charge in [0.25, 0.3) is 0 Å². The lowest BCUT2D eigenvalue weighted by molar-refractivity contribution is 0.607. The number of aryl methyl sites for hydroxylation is 2. The highest BCUT2D eigenvalue weighted by atomic mass is 19.1. The van der Waals surface area contributed by atoms with E-state index in [-0.39, 0.29) is 5.82 Å². The number of rotatable bonds is 6. The van der Waals surface area contributed by atoms with Crippen molar-refractivity contribution < 1.29 is 4.39 Å². The van der Waals surface area contributed by atoms with Crippen LogP contribution in [0.25, 0.3) is 0 Å². The molecule has 2 nitrogen and oxygen atoms in total. The van der Waals surface area contributed by atoms with Gasteiger partial charge in [0, 0.05) is 0 Å². The maximum atomic E-state index is 13.8. The van der Waals surface area contributed by atoms with E-state index in [4.69, 9.17) is 0 Å². The molecule has 3 heteroatoms. The summed E-state index contributed by atoms with van der Waals surface area (Å²) in [6.45, 7) is 4.16. The molecule has 0 amide bonds. The molecule has 2 aromatic rings. The third-order valence-corrected chi connectivity index (χ3v) is 3.46. The summed E-state index contributed by atoms with van der Waals surface area (Å²) in [6.07, 6.45) is 5.98. The van der Waals surface area contributed by atoms with Crippen LogP contribution in [0.15, 0.2) is 52.7 Å². The lowest BCUT2D eigenvalue weighted by Gasteiger charge is -2.01. The van der Waals surface area contributed by atoms with E-state index in [1.54, 1.807) is 12.4 Å². The van der Waals surface area contributed by atoms with Crippen LogP contribution < -0.4 is 0 Å². The van der Waals surface area contributed by atoms with Crippen molar-refractivity contribution in [1.82, 2.24) is 0 Å². The first-order chi connectivity index (χ1) is 10.7. The molecule has 0 saturated carbocycles. The van der Waals surface area contributed by atoms with Crippen LogP contribution in [0.1, 0.15) is 42.5 Å². The van der Waals surface area contributed by atoms with Crippen molar-refractivity contribution in [1.29, 1.82) is 0 Å². The van der Waals surface area contributed by atoms with Gasteiger partial charge in [-0.1, -0.05) is 56.7 Å². The number of halogens is 1. The Kier molecular flexibility index (Phi) is 6.01. The highest BCUT2D eigenvalue weighted by Gasteiger charge is 2.01. The number of hydrogen-bond donors (Lipinski definition) is 0. The quantitative estimate of drug-likeness (QED) is 0.540. The van der Waals surface area contributed by atoms with Crippen LogP contribution in [0, 0.1) is 5.82 Å². The fourth-order valence-corrected chi connectivity index (χ4v) is 2.16. The molecular formula is C19H21FN2. The first-order valence-corrected chi connectivity index (χ1v) is 7.66. The van der Waals surface area contributed by atoms with Crippen LogP contribution in [0.2, 0.25) is 0 Å². The number of hydrogen-bond acceptors (Lipinski definition) is 2. The van der Waals surface area contributed by atoms with Gasteiger partial charge in [-0.15, -0.1) is 0 Å². The Labute approximate surface area is 131 Å². The molecule has 0 unspecified atom stereocenters. The summed E-state index contributed by atoms with van der Waals surface area (Å²) in [7, 11) is 0. The summed E-state index contributed by atoms with van der Waals surface area (Å²) < 4.78 is 13.8. The van der Waals surface area contributed by atoms with Gasteiger partial charge in [0.1, 0.15) is 5.82 Å². The van der Waals surface area contributed by atoms with Crippen molar-refractivity contribution in [2.75, 3.05) is 0 Å². The number of benzene rings is 2. The highest BCUT2D eigenvalue weighted by molar-refractivity contribution is 5.82. The van der Waals surface area contributed by atoms with Gasteiger partial charge in [0.05, 0.1) is 12.4 Å². The Morgan fingerprint density at radius 2 is 1.55 bits per heavy atom. The van der Waals surface area contributed by atoms with Crippen LogP contribution in [-0.2, 0) is 12.8 Å². The molecule has 0 aliphatic carbocycles. The summed E-state index contributed by atoms with van der Waals surface area (Å²) in [5.74, 6) is -0.176. The van der Waals surface area contributed by atoms with Crippen molar-refractivity contribution in [3.8, 4) is 0 Å². The first kappa shape index (κ1) is 16.1. The van der Waals surface area contributed by atoms with Crippen molar-refractivity contribution in [3.05, 3.63) is 70.5 Å². The Morgan fingerprint density at radius 1 is 0.909 bits per heavy atom.